The molecule has 1 heterocycles. The van der Waals surface area contributed by atoms with Crippen LogP contribution in [0.3, 0.4) is 0 Å². The first kappa shape index (κ1) is 25.4. The maximum absolute atomic E-state index is 13.2. The van der Waals surface area contributed by atoms with Crippen molar-refractivity contribution in [3.05, 3.63) is 75.0 Å². The van der Waals surface area contributed by atoms with Crippen LogP contribution in [0.15, 0.2) is 53.8 Å². The van der Waals surface area contributed by atoms with Gasteiger partial charge in [0.15, 0.2) is 12.4 Å². The lowest BCUT2D eigenvalue weighted by Gasteiger charge is -2.28. The van der Waals surface area contributed by atoms with Crippen molar-refractivity contribution in [1.29, 1.82) is 0 Å². The summed E-state index contributed by atoms with van der Waals surface area (Å²) in [5, 5.41) is 23.0. The number of nitrogens with zero attached hydrogens (tertiary/aromatic N) is 1. The molecule has 2 aromatic carbocycles. The summed E-state index contributed by atoms with van der Waals surface area (Å²) in [6, 6.07) is 10.2. The van der Waals surface area contributed by atoms with E-state index in [4.69, 9.17) is 37.8 Å². The molecule has 2 amide bonds. The number of para-hydroxylation sites is 1. The zero-order chi connectivity index (χ0) is 24.8. The highest BCUT2D eigenvalue weighted by Gasteiger charge is 2.44. The van der Waals surface area contributed by atoms with Crippen LogP contribution in [0.4, 0.5) is 0 Å². The van der Waals surface area contributed by atoms with Gasteiger partial charge in [0.25, 0.3) is 11.8 Å². The lowest BCUT2D eigenvalue weighted by molar-refractivity contribution is -0.139. The number of carboxylic acids is 1. The maximum atomic E-state index is 13.2. The van der Waals surface area contributed by atoms with Gasteiger partial charge in [-0.15, -0.1) is 0 Å². The second kappa shape index (κ2) is 11.2. The summed E-state index contributed by atoms with van der Waals surface area (Å²) in [5.41, 5.74) is 0.814. The molecule has 0 aliphatic carbocycles. The van der Waals surface area contributed by atoms with Crippen LogP contribution in [-0.4, -0.2) is 59.8 Å². The number of ether oxygens (including phenoxy) is 2. The summed E-state index contributed by atoms with van der Waals surface area (Å²) in [6.07, 6.45) is 0. The molecule has 180 valence electrons. The van der Waals surface area contributed by atoms with Gasteiger partial charge in [-0.25, -0.2) is 4.79 Å². The molecule has 0 spiro atoms. The average molecular weight is 509 g/mol. The first-order valence-corrected chi connectivity index (χ1v) is 10.9. The van der Waals surface area contributed by atoms with E-state index in [1.165, 1.54) is 18.1 Å². The summed E-state index contributed by atoms with van der Waals surface area (Å²) in [6.45, 7) is -0.348. The monoisotopic (exact) mass is 508 g/mol. The Hall–Kier alpha value is -3.27. The first-order chi connectivity index (χ1) is 16.2. The van der Waals surface area contributed by atoms with E-state index in [0.29, 0.717) is 21.2 Å². The van der Waals surface area contributed by atoms with Crippen molar-refractivity contribution >= 4 is 41.0 Å². The SMILES string of the molecule is COCCN1C(=O)C(O)=C(C(=O)NCc2ccc(Cl)c(Cl)c2)C1c1ccccc1OCC(=O)O. The molecule has 1 aliphatic rings. The van der Waals surface area contributed by atoms with E-state index in [9.17, 15) is 19.5 Å². The van der Waals surface area contributed by atoms with Crippen molar-refractivity contribution in [1.82, 2.24) is 10.2 Å². The number of aliphatic hydroxyl groups is 1. The first-order valence-electron chi connectivity index (χ1n) is 10.1. The number of halogens is 2. The Kier molecular flexibility index (Phi) is 8.38. The number of aliphatic carboxylic acids is 1. The van der Waals surface area contributed by atoms with Crippen LogP contribution in [0.2, 0.25) is 10.0 Å². The van der Waals surface area contributed by atoms with Crippen LogP contribution in [0.1, 0.15) is 17.2 Å². The Balaban J connectivity index is 1.95. The number of benzene rings is 2. The Morgan fingerprint density at radius 1 is 1.15 bits per heavy atom. The zero-order valence-corrected chi connectivity index (χ0v) is 19.6. The van der Waals surface area contributed by atoms with Gasteiger partial charge in [-0.1, -0.05) is 47.5 Å². The van der Waals surface area contributed by atoms with Crippen molar-refractivity contribution in [2.24, 2.45) is 0 Å². The molecule has 11 heteroatoms. The third kappa shape index (κ3) is 5.61. The van der Waals surface area contributed by atoms with Gasteiger partial charge in [-0.2, -0.15) is 0 Å². The number of aliphatic hydroxyl groups excluding tert-OH is 1. The fourth-order valence-corrected chi connectivity index (χ4v) is 3.85. The van der Waals surface area contributed by atoms with Crippen molar-refractivity contribution in [2.75, 3.05) is 26.9 Å². The second-order valence-corrected chi connectivity index (χ2v) is 8.12. The molecule has 0 bridgehead atoms. The number of hydrogen-bond donors (Lipinski definition) is 3. The zero-order valence-electron chi connectivity index (χ0n) is 18.1. The molecule has 3 N–H and O–H groups in total. The van der Waals surface area contributed by atoms with E-state index in [0.717, 1.165) is 0 Å². The van der Waals surface area contributed by atoms with Gasteiger partial charge in [-0.3, -0.25) is 9.59 Å². The summed E-state index contributed by atoms with van der Waals surface area (Å²) in [7, 11) is 1.46. The van der Waals surface area contributed by atoms with E-state index in [2.05, 4.69) is 5.32 Å². The second-order valence-electron chi connectivity index (χ2n) is 7.31. The molecule has 0 saturated heterocycles. The van der Waals surface area contributed by atoms with Crippen LogP contribution in [0.5, 0.6) is 5.75 Å². The number of carboxylic acid groups (broad SMARTS) is 1. The van der Waals surface area contributed by atoms with E-state index >= 15 is 0 Å². The van der Waals surface area contributed by atoms with Gasteiger partial charge in [0.1, 0.15) is 5.75 Å². The molecule has 0 radical (unpaired) electrons. The van der Waals surface area contributed by atoms with Crippen LogP contribution in [0.25, 0.3) is 0 Å². The Morgan fingerprint density at radius 2 is 1.88 bits per heavy atom. The number of nitrogens with one attached hydrogen (secondary N) is 1. The summed E-state index contributed by atoms with van der Waals surface area (Å²) in [5.74, 6) is -3.17. The molecular formula is C23H22Cl2N2O7. The van der Waals surface area contributed by atoms with Crippen molar-refractivity contribution in [3.63, 3.8) is 0 Å². The number of methoxy groups -OCH3 is 1. The normalized spacial score (nSPS) is 15.6. The number of carbonyl (C=O) groups excluding carboxylic acids is 2. The highest BCUT2D eigenvalue weighted by Crippen LogP contribution is 2.41. The molecular weight excluding hydrogens is 487 g/mol. The minimum Gasteiger partial charge on any atom is -0.503 e. The average Bonchev–Trinajstić information content (AvgIpc) is 3.06. The highest BCUT2D eigenvalue weighted by molar-refractivity contribution is 6.42. The molecule has 1 unspecified atom stereocenters. The number of hydrogen-bond acceptors (Lipinski definition) is 6. The number of amides is 2. The molecule has 9 nitrogen and oxygen atoms in total. The lowest BCUT2D eigenvalue weighted by Crippen LogP contribution is -2.35. The van der Waals surface area contributed by atoms with Gasteiger partial charge in [0, 0.05) is 25.8 Å². The van der Waals surface area contributed by atoms with E-state index in [1.54, 1.807) is 36.4 Å². The van der Waals surface area contributed by atoms with Crippen molar-refractivity contribution in [3.8, 4) is 5.75 Å². The van der Waals surface area contributed by atoms with Gasteiger partial charge in [-0.05, 0) is 23.8 Å². The number of rotatable bonds is 10. The standard InChI is InChI=1S/C23H22Cl2N2O7/c1-33-9-8-27-20(14-4-2-3-5-17(14)34-12-18(28)29)19(21(30)23(27)32)22(31)26-11-13-6-7-15(24)16(25)10-13/h2-7,10,20,30H,8-9,11-12H2,1H3,(H,26,31)(H,28,29). The van der Waals surface area contributed by atoms with E-state index in [-0.39, 0.29) is 31.0 Å². The van der Waals surface area contributed by atoms with E-state index in [1.807, 2.05) is 0 Å². The molecule has 34 heavy (non-hydrogen) atoms. The molecule has 0 fully saturated rings. The molecule has 0 saturated carbocycles. The third-order valence-corrected chi connectivity index (χ3v) is 5.83. The van der Waals surface area contributed by atoms with Crippen LogP contribution in [-0.2, 0) is 25.7 Å². The smallest absolute Gasteiger partial charge is 0.341 e. The van der Waals surface area contributed by atoms with E-state index < -0.39 is 36.2 Å². The Bertz CT molecular complexity index is 1140. The summed E-state index contributed by atoms with van der Waals surface area (Å²) in [4.78, 5) is 38.3. The topological polar surface area (TPSA) is 125 Å². The van der Waals surface area contributed by atoms with Crippen molar-refractivity contribution < 1.29 is 34.1 Å². The molecule has 2 aromatic rings. The minimum absolute atomic E-state index is 0.0582. The molecule has 3 rings (SSSR count). The van der Waals surface area contributed by atoms with Crippen LogP contribution >= 0.6 is 23.2 Å². The molecule has 0 aromatic heterocycles. The largest absolute Gasteiger partial charge is 0.503 e. The molecule has 1 atom stereocenters. The summed E-state index contributed by atoms with van der Waals surface area (Å²) < 4.78 is 10.5. The van der Waals surface area contributed by atoms with Crippen LogP contribution in [0, 0.1) is 0 Å². The Labute approximate surface area is 205 Å². The van der Waals surface area contributed by atoms with Crippen LogP contribution < -0.4 is 10.1 Å². The third-order valence-electron chi connectivity index (χ3n) is 5.09. The molecule has 1 aliphatic heterocycles. The number of carbonyl (C=O) groups is 3. The maximum Gasteiger partial charge on any atom is 0.341 e. The highest BCUT2D eigenvalue weighted by atomic mass is 35.5. The summed E-state index contributed by atoms with van der Waals surface area (Å²) >= 11 is 12.0. The quantitative estimate of drug-likeness (QED) is 0.450. The predicted molar refractivity (Wildman–Crippen MR) is 124 cm³/mol. The van der Waals surface area contributed by atoms with Gasteiger partial charge < -0.3 is 29.9 Å². The fraction of sp³-hybridized carbons (Fsp3) is 0.261. The van der Waals surface area contributed by atoms with Gasteiger partial charge >= 0.3 is 5.97 Å². The minimum atomic E-state index is -1.19. The fourth-order valence-electron chi connectivity index (χ4n) is 3.53. The van der Waals surface area contributed by atoms with Gasteiger partial charge in [0.2, 0.25) is 0 Å². The predicted octanol–water partition coefficient (Wildman–Crippen LogP) is 3.12. The lowest BCUT2D eigenvalue weighted by atomic mass is 9.97. The van der Waals surface area contributed by atoms with Gasteiger partial charge in [0.05, 0.1) is 28.3 Å². The Morgan fingerprint density at radius 3 is 2.56 bits per heavy atom. The van der Waals surface area contributed by atoms with Crippen molar-refractivity contribution in [2.45, 2.75) is 12.6 Å².